The maximum absolute atomic E-state index is 4.31. The molecule has 1 aromatic heterocycles. The number of benzene rings is 1. The van der Waals surface area contributed by atoms with Crippen LogP contribution in [0.2, 0.25) is 0 Å². The van der Waals surface area contributed by atoms with Gasteiger partial charge in [0.1, 0.15) is 5.69 Å². The second-order valence-corrected chi connectivity index (χ2v) is 7.17. The Bertz CT molecular complexity index is 634. The fourth-order valence-electron chi connectivity index (χ4n) is 2.72. The Balaban J connectivity index is 0.000000379. The number of rotatable bonds is 5. The standard InChI is InChI=1S/C17H18N3S.C5H5.Fe/c1-3-21-17-11-7-10-15(17)13(2)20-12-16(18-19-20)14-8-5-4-6-9-14;1-2-4-5-3-1;/h4-13H,3H2,1-2H3;1-5H;/q;;+2/t13-;;/m0../s1. The van der Waals surface area contributed by atoms with Crippen LogP contribution in [0.1, 0.15) is 19.9 Å². The van der Waals surface area contributed by atoms with Crippen LogP contribution < -0.4 is 0 Å². The van der Waals surface area contributed by atoms with Crippen LogP contribution in [0.4, 0.5) is 0 Å². The topological polar surface area (TPSA) is 30.7 Å². The van der Waals surface area contributed by atoms with Crippen molar-refractivity contribution in [3.05, 3.63) is 99.1 Å². The zero-order valence-corrected chi connectivity index (χ0v) is 17.4. The van der Waals surface area contributed by atoms with Gasteiger partial charge < -0.3 is 0 Å². The second kappa shape index (κ2) is 11.9. The summed E-state index contributed by atoms with van der Waals surface area (Å²) in [6.45, 7) is 4.34. The van der Waals surface area contributed by atoms with E-state index in [0.29, 0.717) is 0 Å². The minimum absolute atomic E-state index is 0. The molecule has 2 fully saturated rings. The average molecular weight is 417 g/mol. The van der Waals surface area contributed by atoms with Crippen LogP contribution in [-0.2, 0) is 17.1 Å². The summed E-state index contributed by atoms with van der Waals surface area (Å²) in [6.07, 6.45) is 18.5. The first-order valence-corrected chi connectivity index (χ1v) is 9.80. The van der Waals surface area contributed by atoms with E-state index in [1.165, 1.54) is 11.2 Å². The van der Waals surface area contributed by atoms with Crippen molar-refractivity contribution >= 4 is 11.8 Å². The Morgan fingerprint density at radius 2 is 1.63 bits per heavy atom. The van der Waals surface area contributed by atoms with Gasteiger partial charge in [0, 0.05) is 16.7 Å². The Hall–Kier alpha value is -0.771. The van der Waals surface area contributed by atoms with Gasteiger partial charge >= 0.3 is 17.1 Å². The molecule has 4 rings (SSSR count). The minimum Gasteiger partial charge on any atom is -0.248 e. The Morgan fingerprint density at radius 3 is 2.26 bits per heavy atom. The Kier molecular flexibility index (Phi) is 9.95. The van der Waals surface area contributed by atoms with Crippen molar-refractivity contribution in [3.8, 4) is 11.3 Å². The molecule has 0 amide bonds. The molecule has 5 heteroatoms. The zero-order valence-electron chi connectivity index (χ0n) is 15.5. The largest absolute Gasteiger partial charge is 2.00 e. The van der Waals surface area contributed by atoms with Crippen molar-refractivity contribution in [1.82, 2.24) is 15.0 Å². The summed E-state index contributed by atoms with van der Waals surface area (Å²) in [4.78, 5) is 0. The van der Waals surface area contributed by atoms with Crippen LogP contribution in [0.5, 0.6) is 0 Å². The molecule has 138 valence electrons. The van der Waals surface area contributed by atoms with Crippen LogP contribution in [0, 0.1) is 62.5 Å². The number of aromatic nitrogens is 3. The van der Waals surface area contributed by atoms with E-state index in [4.69, 9.17) is 0 Å². The molecule has 1 heterocycles. The van der Waals surface area contributed by atoms with Crippen molar-refractivity contribution in [3.63, 3.8) is 0 Å². The molecular formula is C22H23FeN3S+2. The van der Waals surface area contributed by atoms with Gasteiger partial charge in [0.15, 0.2) is 0 Å². The van der Waals surface area contributed by atoms with Gasteiger partial charge in [0.25, 0.3) is 0 Å². The molecule has 1 atom stereocenters. The first kappa shape index (κ1) is 22.5. The van der Waals surface area contributed by atoms with E-state index in [9.17, 15) is 0 Å². The van der Waals surface area contributed by atoms with Crippen LogP contribution in [-0.4, -0.2) is 20.7 Å². The number of thioether (sulfide) groups is 1. The molecule has 0 aliphatic heterocycles. The molecule has 1 aromatic carbocycles. The molecule has 2 saturated carbocycles. The van der Waals surface area contributed by atoms with Crippen molar-refractivity contribution < 1.29 is 17.1 Å². The van der Waals surface area contributed by atoms with E-state index in [1.54, 1.807) is 0 Å². The van der Waals surface area contributed by atoms with Crippen molar-refractivity contribution in [1.29, 1.82) is 0 Å². The van der Waals surface area contributed by atoms with E-state index < -0.39 is 0 Å². The third-order valence-corrected chi connectivity index (χ3v) is 5.06. The molecule has 10 radical (unpaired) electrons. The quantitative estimate of drug-likeness (QED) is 0.641. The van der Waals surface area contributed by atoms with Gasteiger partial charge in [0.05, 0.1) is 12.2 Å². The fourth-order valence-corrected chi connectivity index (χ4v) is 3.61. The van der Waals surface area contributed by atoms with Crippen LogP contribution in [0.25, 0.3) is 11.3 Å². The summed E-state index contributed by atoms with van der Waals surface area (Å²) in [6, 6.07) is 10.4. The molecule has 0 saturated heterocycles. The first-order valence-electron chi connectivity index (χ1n) is 8.82. The van der Waals surface area contributed by atoms with Gasteiger partial charge in [-0.25, -0.2) is 4.68 Å². The fraction of sp³-hybridized carbons (Fsp3) is 0.182. The van der Waals surface area contributed by atoms with E-state index in [1.807, 2.05) is 72.9 Å². The van der Waals surface area contributed by atoms with Gasteiger partial charge in [-0.3, -0.25) is 0 Å². The van der Waals surface area contributed by atoms with Crippen molar-refractivity contribution in [2.45, 2.75) is 19.9 Å². The number of hydrogen-bond donors (Lipinski definition) is 0. The Labute approximate surface area is 179 Å². The molecular weight excluding hydrogens is 394 g/mol. The summed E-state index contributed by atoms with van der Waals surface area (Å²) >= 11 is 1.87. The van der Waals surface area contributed by atoms with Crippen LogP contribution in [0.15, 0.2) is 36.5 Å². The van der Waals surface area contributed by atoms with E-state index in [2.05, 4.69) is 55.6 Å². The monoisotopic (exact) mass is 417 g/mol. The summed E-state index contributed by atoms with van der Waals surface area (Å²) in [7, 11) is 0. The first-order chi connectivity index (χ1) is 12.8. The van der Waals surface area contributed by atoms with E-state index >= 15 is 0 Å². The van der Waals surface area contributed by atoms with Gasteiger partial charge in [-0.05, 0) is 64.0 Å². The molecule has 0 bridgehead atoms. The second-order valence-electron chi connectivity index (χ2n) is 5.87. The van der Waals surface area contributed by atoms with Crippen LogP contribution >= 0.6 is 11.8 Å². The zero-order chi connectivity index (χ0) is 18.2. The van der Waals surface area contributed by atoms with Gasteiger partial charge in [0.2, 0.25) is 0 Å². The summed E-state index contributed by atoms with van der Waals surface area (Å²) < 4.78 is 1.94. The normalized spacial score (nSPS) is 18.6. The molecule has 3 nitrogen and oxygen atoms in total. The minimum atomic E-state index is 0. The predicted octanol–water partition coefficient (Wildman–Crippen LogP) is 5.01. The van der Waals surface area contributed by atoms with Crippen molar-refractivity contribution in [2.75, 3.05) is 5.75 Å². The maximum Gasteiger partial charge on any atom is 2.00 e. The van der Waals surface area contributed by atoms with Gasteiger partial charge in [-0.2, -0.15) is 11.8 Å². The summed E-state index contributed by atoms with van der Waals surface area (Å²) in [5.41, 5.74) is 2.01. The van der Waals surface area contributed by atoms with E-state index in [0.717, 1.165) is 17.0 Å². The predicted molar refractivity (Wildman–Crippen MR) is 109 cm³/mol. The van der Waals surface area contributed by atoms with Crippen LogP contribution in [0.3, 0.4) is 0 Å². The van der Waals surface area contributed by atoms with E-state index in [-0.39, 0.29) is 23.1 Å². The summed E-state index contributed by atoms with van der Waals surface area (Å²) in [5, 5.41) is 9.94. The molecule has 2 aliphatic rings. The number of hydrogen-bond acceptors (Lipinski definition) is 3. The smallest absolute Gasteiger partial charge is 0.248 e. The molecule has 0 spiro atoms. The van der Waals surface area contributed by atoms with Gasteiger partial charge in [-0.1, -0.05) is 42.5 Å². The third kappa shape index (κ3) is 6.37. The molecule has 0 unspecified atom stereocenters. The number of nitrogens with zero attached hydrogens (tertiary/aromatic N) is 3. The van der Waals surface area contributed by atoms with Gasteiger partial charge in [-0.15, -0.1) is 5.10 Å². The molecule has 2 aliphatic carbocycles. The summed E-state index contributed by atoms with van der Waals surface area (Å²) in [5.74, 6) is 2.39. The third-order valence-electron chi connectivity index (χ3n) is 4.09. The SMILES string of the molecule is CCS[C]1[CH][CH][CH][C]1[C@H](C)n1cc(-c2ccccc2)nn1.[CH]1[CH][CH][CH][CH]1.[Fe+2]. The maximum atomic E-state index is 4.31. The molecule has 2 aromatic rings. The molecule has 0 N–H and O–H groups in total. The molecule has 27 heavy (non-hydrogen) atoms. The Morgan fingerprint density at radius 1 is 0.963 bits per heavy atom. The van der Waals surface area contributed by atoms with Crippen molar-refractivity contribution in [2.24, 2.45) is 0 Å². The average Bonchev–Trinajstić information content (AvgIpc) is 3.44.